The fourth-order valence-corrected chi connectivity index (χ4v) is 3.26. The third-order valence-corrected chi connectivity index (χ3v) is 4.92. The summed E-state index contributed by atoms with van der Waals surface area (Å²) >= 11 is 1.55. The number of esters is 1. The number of aryl methyl sites for hydroxylation is 1. The summed E-state index contributed by atoms with van der Waals surface area (Å²) in [6.45, 7) is 6.39. The molecule has 0 saturated heterocycles. The summed E-state index contributed by atoms with van der Waals surface area (Å²) in [6.07, 6.45) is 1.75. The molecule has 1 aromatic heterocycles. The summed E-state index contributed by atoms with van der Waals surface area (Å²) < 4.78 is 4.65. The minimum absolute atomic E-state index is 0.224. The Kier molecular flexibility index (Phi) is 7.50. The zero-order valence-corrected chi connectivity index (χ0v) is 16.5. The highest BCUT2D eigenvalue weighted by Gasteiger charge is 2.12. The van der Waals surface area contributed by atoms with Gasteiger partial charge in [-0.3, -0.25) is 0 Å². The first-order valence-electron chi connectivity index (χ1n) is 8.58. The van der Waals surface area contributed by atoms with Crippen LogP contribution in [0.5, 0.6) is 0 Å². The molecule has 140 valence electrons. The maximum atomic E-state index is 11.3. The van der Waals surface area contributed by atoms with Crippen LogP contribution in [-0.4, -0.2) is 35.8 Å². The summed E-state index contributed by atoms with van der Waals surface area (Å²) in [7, 11) is 1.37. The average Bonchev–Trinajstić information content (AvgIpc) is 3.06. The molecule has 2 aromatic rings. The molecule has 0 aliphatic carbocycles. The monoisotopic (exact) mass is 374 g/mol. The van der Waals surface area contributed by atoms with E-state index in [1.807, 2.05) is 31.4 Å². The van der Waals surface area contributed by atoms with E-state index in [-0.39, 0.29) is 12.0 Å². The van der Waals surface area contributed by atoms with Gasteiger partial charge in [-0.15, -0.1) is 11.3 Å². The fourth-order valence-electron chi connectivity index (χ4n) is 2.60. The molecule has 0 amide bonds. The van der Waals surface area contributed by atoms with Crippen molar-refractivity contribution in [1.82, 2.24) is 10.3 Å². The van der Waals surface area contributed by atoms with Crippen LogP contribution in [0.15, 0.2) is 35.7 Å². The Labute approximate surface area is 158 Å². The van der Waals surface area contributed by atoms with E-state index in [9.17, 15) is 9.90 Å². The third kappa shape index (κ3) is 6.05. The highest BCUT2D eigenvalue weighted by molar-refractivity contribution is 7.09. The number of rotatable bonds is 8. The zero-order chi connectivity index (χ0) is 19.1. The van der Waals surface area contributed by atoms with Crippen molar-refractivity contribution in [2.24, 2.45) is 0 Å². The van der Waals surface area contributed by atoms with Crippen LogP contribution in [0.1, 0.15) is 41.8 Å². The van der Waals surface area contributed by atoms with Gasteiger partial charge in [0, 0.05) is 24.0 Å². The molecule has 0 spiro atoms. The summed E-state index contributed by atoms with van der Waals surface area (Å²) in [5.41, 5.74) is 3.79. The molecule has 2 N–H and O–H groups in total. The lowest BCUT2D eigenvalue weighted by atomic mass is 10.0. The molecule has 0 aliphatic rings. The highest BCUT2D eigenvalue weighted by atomic mass is 32.1. The van der Waals surface area contributed by atoms with E-state index in [1.54, 1.807) is 11.3 Å². The van der Waals surface area contributed by atoms with Crippen LogP contribution in [0.4, 0.5) is 0 Å². The molecule has 0 bridgehead atoms. The maximum absolute atomic E-state index is 11.3. The number of hydrogen-bond donors (Lipinski definition) is 2. The largest absolute Gasteiger partial charge is 0.466 e. The van der Waals surface area contributed by atoms with Gasteiger partial charge in [0.2, 0.25) is 0 Å². The Morgan fingerprint density at radius 3 is 2.65 bits per heavy atom. The van der Waals surface area contributed by atoms with Gasteiger partial charge in [0.05, 0.1) is 17.8 Å². The molecule has 2 rings (SSSR count). The van der Waals surface area contributed by atoms with E-state index >= 15 is 0 Å². The van der Waals surface area contributed by atoms with Crippen molar-refractivity contribution in [1.29, 1.82) is 0 Å². The summed E-state index contributed by atoms with van der Waals surface area (Å²) in [4.78, 5) is 15.6. The van der Waals surface area contributed by atoms with Gasteiger partial charge >= 0.3 is 5.97 Å². The molecule has 26 heavy (non-hydrogen) atoms. The number of hydrogen-bond acceptors (Lipinski definition) is 6. The van der Waals surface area contributed by atoms with Crippen molar-refractivity contribution in [2.45, 2.75) is 39.3 Å². The molecule has 2 atom stereocenters. The molecular formula is C20H26N2O3S. The molecular weight excluding hydrogens is 348 g/mol. The number of nitrogens with zero attached hydrogens (tertiary/aromatic N) is 1. The number of aliphatic hydroxyl groups excluding tert-OH is 1. The van der Waals surface area contributed by atoms with Crippen LogP contribution < -0.4 is 5.32 Å². The van der Waals surface area contributed by atoms with E-state index < -0.39 is 6.10 Å². The van der Waals surface area contributed by atoms with Crippen molar-refractivity contribution < 1.29 is 14.6 Å². The summed E-state index contributed by atoms with van der Waals surface area (Å²) in [6, 6.07) is 8.35. The predicted molar refractivity (Wildman–Crippen MR) is 105 cm³/mol. The quantitative estimate of drug-likeness (QED) is 0.548. The zero-order valence-electron chi connectivity index (χ0n) is 15.7. The molecule has 0 aliphatic heterocycles. The van der Waals surface area contributed by atoms with Crippen molar-refractivity contribution in [2.75, 3.05) is 13.7 Å². The minimum atomic E-state index is -0.587. The Hall–Kier alpha value is -2.02. The number of carbonyl (C=O) groups is 1. The molecule has 0 saturated carbocycles. The highest BCUT2D eigenvalue weighted by Crippen LogP contribution is 2.17. The van der Waals surface area contributed by atoms with Gasteiger partial charge in [-0.05, 0) is 43.9 Å². The Balaban J connectivity index is 1.86. The van der Waals surface area contributed by atoms with Crippen LogP contribution in [0.2, 0.25) is 0 Å². The number of benzene rings is 1. The Morgan fingerprint density at radius 2 is 2.08 bits per heavy atom. The van der Waals surface area contributed by atoms with Crippen LogP contribution in [0.25, 0.3) is 5.57 Å². The average molecular weight is 375 g/mol. The first-order valence-corrected chi connectivity index (χ1v) is 9.46. The number of aromatic nitrogens is 1. The summed E-state index contributed by atoms with van der Waals surface area (Å²) in [5.74, 6) is -0.349. The van der Waals surface area contributed by atoms with Gasteiger partial charge in [0.1, 0.15) is 6.10 Å². The van der Waals surface area contributed by atoms with Gasteiger partial charge in [-0.2, -0.15) is 0 Å². The number of allylic oxidation sites excluding steroid dienone is 1. The normalized spacial score (nSPS) is 14.1. The predicted octanol–water partition coefficient (Wildman–Crippen LogP) is 3.28. The number of methoxy groups -OCH3 is 1. The van der Waals surface area contributed by atoms with E-state index in [2.05, 4.69) is 34.1 Å². The standard InChI is InChI=1S/C20H26N2O3S/c1-13(9-20(24)25-4)17-7-5-16(6-8-17)10-14(2)21-11-19(23)18-12-26-15(3)22-18/h5-9,12,14,19,21,23H,10-11H2,1-4H3. The number of aliphatic hydroxyl groups is 1. The first-order chi connectivity index (χ1) is 12.4. The fraction of sp³-hybridized carbons (Fsp3) is 0.400. The lowest BCUT2D eigenvalue weighted by Gasteiger charge is -2.16. The second kappa shape index (κ2) is 9.62. The van der Waals surface area contributed by atoms with Crippen LogP contribution in [-0.2, 0) is 16.0 Å². The van der Waals surface area contributed by atoms with Crippen LogP contribution >= 0.6 is 11.3 Å². The smallest absolute Gasteiger partial charge is 0.330 e. The second-order valence-corrected chi connectivity index (χ2v) is 7.43. The van der Waals surface area contributed by atoms with Gasteiger partial charge < -0.3 is 15.2 Å². The Bertz CT molecular complexity index is 753. The van der Waals surface area contributed by atoms with Gasteiger partial charge in [0.15, 0.2) is 0 Å². The van der Waals surface area contributed by atoms with E-state index in [4.69, 9.17) is 0 Å². The van der Waals surface area contributed by atoms with Crippen LogP contribution in [0.3, 0.4) is 0 Å². The van der Waals surface area contributed by atoms with Crippen LogP contribution in [0, 0.1) is 6.92 Å². The van der Waals surface area contributed by atoms with Gasteiger partial charge in [0.25, 0.3) is 0 Å². The lowest BCUT2D eigenvalue weighted by molar-refractivity contribution is -0.134. The van der Waals surface area contributed by atoms with Crippen molar-refractivity contribution >= 4 is 22.9 Å². The topological polar surface area (TPSA) is 71.5 Å². The Morgan fingerprint density at radius 1 is 1.38 bits per heavy atom. The molecule has 1 aromatic carbocycles. The van der Waals surface area contributed by atoms with Crippen molar-refractivity contribution in [3.05, 3.63) is 57.6 Å². The molecule has 6 heteroatoms. The number of ether oxygens (including phenoxy) is 1. The minimum Gasteiger partial charge on any atom is -0.466 e. The lowest BCUT2D eigenvalue weighted by Crippen LogP contribution is -2.32. The molecule has 0 fully saturated rings. The van der Waals surface area contributed by atoms with Crippen molar-refractivity contribution in [3.8, 4) is 0 Å². The van der Waals surface area contributed by atoms with Gasteiger partial charge in [-0.25, -0.2) is 9.78 Å². The number of thiazole rings is 1. The number of carbonyl (C=O) groups excluding carboxylic acids is 1. The second-order valence-electron chi connectivity index (χ2n) is 6.37. The molecule has 0 radical (unpaired) electrons. The SMILES string of the molecule is COC(=O)C=C(C)c1ccc(CC(C)NCC(O)c2csc(C)n2)cc1. The van der Waals surface area contributed by atoms with Crippen molar-refractivity contribution in [3.63, 3.8) is 0 Å². The maximum Gasteiger partial charge on any atom is 0.330 e. The van der Waals surface area contributed by atoms with E-state index in [0.717, 1.165) is 28.3 Å². The number of nitrogens with one attached hydrogen (secondary N) is 1. The van der Waals surface area contributed by atoms with Gasteiger partial charge in [-0.1, -0.05) is 24.3 Å². The molecule has 2 unspecified atom stereocenters. The first kappa shape index (κ1) is 20.3. The summed E-state index contributed by atoms with van der Waals surface area (Å²) in [5, 5.41) is 16.4. The third-order valence-electron chi connectivity index (χ3n) is 4.12. The molecule has 5 nitrogen and oxygen atoms in total. The van der Waals surface area contributed by atoms with E-state index in [1.165, 1.54) is 18.7 Å². The molecule has 1 heterocycles. The van der Waals surface area contributed by atoms with E-state index in [0.29, 0.717) is 6.54 Å².